The number of aryl methyl sites for hydroxylation is 2. The van der Waals surface area contributed by atoms with E-state index < -0.39 is 0 Å². The van der Waals surface area contributed by atoms with Crippen LogP contribution in [0.4, 0.5) is 5.69 Å². The maximum absolute atomic E-state index is 12.7. The predicted octanol–water partition coefficient (Wildman–Crippen LogP) is 3.61. The minimum Gasteiger partial charge on any atom is -0.348 e. The number of benzene rings is 2. The Morgan fingerprint density at radius 1 is 1.07 bits per heavy atom. The van der Waals surface area contributed by atoms with E-state index in [1.54, 1.807) is 17.0 Å². The summed E-state index contributed by atoms with van der Waals surface area (Å²) in [5, 5.41) is 7.50. The number of hydrogen-bond donors (Lipinski definition) is 1. The molecule has 1 aromatic heterocycles. The average molecular weight is 402 g/mol. The molecule has 2 heterocycles. The Morgan fingerprint density at radius 3 is 2.60 bits per heavy atom. The van der Waals surface area contributed by atoms with Gasteiger partial charge in [0.25, 0.3) is 5.91 Å². The molecule has 2 aromatic carbocycles. The van der Waals surface area contributed by atoms with E-state index in [1.165, 1.54) is 0 Å². The SMILES string of the molecule is Cc1cc(C)n(Cc2cccc(CNC(=O)c3cccc(N4CCCC4=O)c3)c2)n1. The summed E-state index contributed by atoms with van der Waals surface area (Å²) in [6.07, 6.45) is 1.44. The molecule has 0 spiro atoms. The lowest BCUT2D eigenvalue weighted by Gasteiger charge is -2.16. The van der Waals surface area contributed by atoms with E-state index in [9.17, 15) is 9.59 Å². The van der Waals surface area contributed by atoms with Crippen molar-refractivity contribution < 1.29 is 9.59 Å². The number of amides is 2. The minimum atomic E-state index is -0.146. The van der Waals surface area contributed by atoms with Crippen molar-refractivity contribution in [3.05, 3.63) is 82.7 Å². The van der Waals surface area contributed by atoms with Crippen LogP contribution in [0.15, 0.2) is 54.6 Å². The molecule has 4 rings (SSSR count). The van der Waals surface area contributed by atoms with E-state index in [0.29, 0.717) is 31.6 Å². The summed E-state index contributed by atoms with van der Waals surface area (Å²) in [4.78, 5) is 26.4. The molecular weight excluding hydrogens is 376 g/mol. The second-order valence-electron chi connectivity index (χ2n) is 7.79. The van der Waals surface area contributed by atoms with Gasteiger partial charge in [-0.15, -0.1) is 0 Å². The number of anilines is 1. The first-order valence-electron chi connectivity index (χ1n) is 10.3. The lowest BCUT2D eigenvalue weighted by atomic mass is 10.1. The van der Waals surface area contributed by atoms with Gasteiger partial charge in [-0.2, -0.15) is 5.10 Å². The number of carbonyl (C=O) groups is 2. The third kappa shape index (κ3) is 4.43. The van der Waals surface area contributed by atoms with Crippen LogP contribution in [0.1, 0.15) is 45.7 Å². The van der Waals surface area contributed by atoms with Crippen LogP contribution < -0.4 is 10.2 Å². The van der Waals surface area contributed by atoms with Gasteiger partial charge in [-0.05, 0) is 55.7 Å². The highest BCUT2D eigenvalue weighted by molar-refractivity contribution is 5.99. The van der Waals surface area contributed by atoms with Crippen LogP contribution in [-0.4, -0.2) is 28.1 Å². The second-order valence-corrected chi connectivity index (χ2v) is 7.79. The molecule has 0 aliphatic carbocycles. The summed E-state index contributed by atoms with van der Waals surface area (Å²) in [6, 6.07) is 17.5. The van der Waals surface area contributed by atoms with Crippen molar-refractivity contribution in [1.82, 2.24) is 15.1 Å². The van der Waals surface area contributed by atoms with Gasteiger partial charge in [-0.25, -0.2) is 0 Å². The Hall–Kier alpha value is -3.41. The highest BCUT2D eigenvalue weighted by Crippen LogP contribution is 2.22. The number of carbonyl (C=O) groups excluding carboxylic acids is 2. The third-order valence-corrected chi connectivity index (χ3v) is 5.37. The van der Waals surface area contributed by atoms with Crippen LogP contribution in [0.25, 0.3) is 0 Å². The Morgan fingerprint density at radius 2 is 1.87 bits per heavy atom. The van der Waals surface area contributed by atoms with Crippen molar-refractivity contribution >= 4 is 17.5 Å². The fourth-order valence-electron chi connectivity index (χ4n) is 3.87. The average Bonchev–Trinajstić information content (AvgIpc) is 3.31. The molecule has 0 atom stereocenters. The van der Waals surface area contributed by atoms with Crippen molar-refractivity contribution in [2.75, 3.05) is 11.4 Å². The second kappa shape index (κ2) is 8.53. The van der Waals surface area contributed by atoms with Gasteiger partial charge in [0.05, 0.1) is 12.2 Å². The largest absolute Gasteiger partial charge is 0.348 e. The molecule has 2 amide bonds. The van der Waals surface area contributed by atoms with E-state index in [2.05, 4.69) is 28.6 Å². The molecule has 0 bridgehead atoms. The maximum atomic E-state index is 12.7. The highest BCUT2D eigenvalue weighted by atomic mass is 16.2. The van der Waals surface area contributed by atoms with Gasteiger partial charge in [0.2, 0.25) is 5.91 Å². The van der Waals surface area contributed by atoms with Crippen molar-refractivity contribution in [1.29, 1.82) is 0 Å². The third-order valence-electron chi connectivity index (χ3n) is 5.37. The van der Waals surface area contributed by atoms with Crippen LogP contribution >= 0.6 is 0 Å². The molecule has 0 saturated carbocycles. The molecular formula is C24H26N4O2. The van der Waals surface area contributed by atoms with Crippen molar-refractivity contribution in [2.24, 2.45) is 0 Å². The monoisotopic (exact) mass is 402 g/mol. The molecule has 3 aromatic rings. The number of hydrogen-bond acceptors (Lipinski definition) is 3. The van der Waals surface area contributed by atoms with Gasteiger partial charge in [-0.3, -0.25) is 14.3 Å². The van der Waals surface area contributed by atoms with Gasteiger partial charge in [0, 0.05) is 36.5 Å². The fourth-order valence-corrected chi connectivity index (χ4v) is 3.87. The van der Waals surface area contributed by atoms with Gasteiger partial charge in [-0.1, -0.05) is 30.3 Å². The summed E-state index contributed by atoms with van der Waals surface area (Å²) in [7, 11) is 0. The predicted molar refractivity (Wildman–Crippen MR) is 116 cm³/mol. The first-order chi connectivity index (χ1) is 14.5. The van der Waals surface area contributed by atoms with Gasteiger partial charge in [0.15, 0.2) is 0 Å². The minimum absolute atomic E-state index is 0.118. The molecule has 1 N–H and O–H groups in total. The van der Waals surface area contributed by atoms with Crippen LogP contribution in [0.2, 0.25) is 0 Å². The topological polar surface area (TPSA) is 67.2 Å². The zero-order valence-electron chi connectivity index (χ0n) is 17.4. The molecule has 1 fully saturated rings. The number of nitrogens with one attached hydrogen (secondary N) is 1. The molecule has 1 saturated heterocycles. The van der Waals surface area contributed by atoms with E-state index in [4.69, 9.17) is 0 Å². The van der Waals surface area contributed by atoms with Gasteiger partial charge in [0.1, 0.15) is 0 Å². The lowest BCUT2D eigenvalue weighted by Crippen LogP contribution is -2.25. The first-order valence-corrected chi connectivity index (χ1v) is 10.3. The normalized spacial score (nSPS) is 13.7. The Labute approximate surface area is 176 Å². The fraction of sp³-hybridized carbons (Fsp3) is 0.292. The molecule has 0 unspecified atom stereocenters. The maximum Gasteiger partial charge on any atom is 0.251 e. The Kier molecular flexibility index (Phi) is 5.65. The van der Waals surface area contributed by atoms with E-state index in [-0.39, 0.29) is 11.8 Å². The summed E-state index contributed by atoms with van der Waals surface area (Å²) in [6.45, 7) is 5.90. The van der Waals surface area contributed by atoms with E-state index >= 15 is 0 Å². The van der Waals surface area contributed by atoms with Crippen LogP contribution in [0, 0.1) is 13.8 Å². The number of rotatable bonds is 6. The van der Waals surface area contributed by atoms with Crippen LogP contribution in [-0.2, 0) is 17.9 Å². The first kappa shape index (κ1) is 19.9. The molecule has 1 aliphatic rings. The van der Waals surface area contributed by atoms with Crippen LogP contribution in [0.3, 0.4) is 0 Å². The quantitative estimate of drug-likeness (QED) is 0.685. The summed E-state index contributed by atoms with van der Waals surface area (Å²) in [5.74, 6) is -0.0283. The standard InChI is InChI=1S/C24H26N4O2/c1-17-12-18(2)28(26-17)16-20-7-3-6-19(13-20)15-25-24(30)21-8-4-9-22(14-21)27-11-5-10-23(27)29/h3-4,6-9,12-14H,5,10-11,15-16H2,1-2H3,(H,25,30). The summed E-state index contributed by atoms with van der Waals surface area (Å²) in [5.41, 5.74) is 5.66. The molecule has 154 valence electrons. The van der Waals surface area contributed by atoms with Crippen molar-refractivity contribution in [3.63, 3.8) is 0 Å². The summed E-state index contributed by atoms with van der Waals surface area (Å²) < 4.78 is 1.98. The van der Waals surface area contributed by atoms with E-state index in [0.717, 1.165) is 34.6 Å². The molecule has 6 heteroatoms. The van der Waals surface area contributed by atoms with Gasteiger partial charge >= 0.3 is 0 Å². The zero-order valence-corrected chi connectivity index (χ0v) is 17.4. The number of aromatic nitrogens is 2. The summed E-state index contributed by atoms with van der Waals surface area (Å²) >= 11 is 0. The Bertz CT molecular complexity index is 1090. The molecule has 1 aliphatic heterocycles. The van der Waals surface area contributed by atoms with Crippen molar-refractivity contribution in [2.45, 2.75) is 39.8 Å². The van der Waals surface area contributed by atoms with Crippen molar-refractivity contribution in [3.8, 4) is 0 Å². The molecule has 6 nitrogen and oxygen atoms in total. The van der Waals surface area contributed by atoms with Gasteiger partial charge < -0.3 is 10.2 Å². The van der Waals surface area contributed by atoms with E-state index in [1.807, 2.05) is 42.8 Å². The number of nitrogens with zero attached hydrogens (tertiary/aromatic N) is 3. The highest BCUT2D eigenvalue weighted by Gasteiger charge is 2.22. The zero-order chi connectivity index (χ0) is 21.1. The molecule has 0 radical (unpaired) electrons. The molecule has 30 heavy (non-hydrogen) atoms. The lowest BCUT2D eigenvalue weighted by molar-refractivity contribution is -0.117. The van der Waals surface area contributed by atoms with Crippen LogP contribution in [0.5, 0.6) is 0 Å². The Balaban J connectivity index is 1.40. The smallest absolute Gasteiger partial charge is 0.251 e.